The van der Waals surface area contributed by atoms with Gasteiger partial charge in [-0.05, 0) is 67.6 Å². The Labute approximate surface area is 222 Å². The van der Waals surface area contributed by atoms with Crippen LogP contribution in [-0.4, -0.2) is 53.9 Å². The van der Waals surface area contributed by atoms with Crippen molar-refractivity contribution in [2.75, 3.05) is 32.6 Å². The molecule has 10 heteroatoms. The molecule has 8 nitrogen and oxygen atoms in total. The largest absolute Gasteiger partial charge is 0.494 e. The fourth-order valence-corrected chi connectivity index (χ4v) is 4.64. The van der Waals surface area contributed by atoms with Crippen LogP contribution in [0.25, 0.3) is 16.6 Å². The first kappa shape index (κ1) is 27.0. The fourth-order valence-electron chi connectivity index (χ4n) is 3.73. The molecule has 4 rings (SSSR count). The van der Waals surface area contributed by atoms with E-state index in [4.69, 9.17) is 9.47 Å². The maximum atomic E-state index is 14.1. The maximum absolute atomic E-state index is 14.1. The Balaban J connectivity index is 1.70. The van der Waals surface area contributed by atoms with Crippen LogP contribution in [0.5, 0.6) is 5.75 Å². The summed E-state index contributed by atoms with van der Waals surface area (Å²) in [5.41, 5.74) is 0.935. The summed E-state index contributed by atoms with van der Waals surface area (Å²) in [6.45, 7) is 3.09. The van der Waals surface area contributed by atoms with Crippen molar-refractivity contribution in [1.82, 2.24) is 14.9 Å². The number of nitrogens with one attached hydrogen (secondary N) is 1. The van der Waals surface area contributed by atoms with Crippen LogP contribution in [0.1, 0.15) is 27.6 Å². The highest BCUT2D eigenvalue weighted by atomic mass is 32.2. The number of ketones is 1. The molecule has 1 aromatic heterocycles. The van der Waals surface area contributed by atoms with Crippen molar-refractivity contribution >= 4 is 34.4 Å². The van der Waals surface area contributed by atoms with Gasteiger partial charge in [-0.2, -0.15) is 0 Å². The van der Waals surface area contributed by atoms with E-state index in [-0.39, 0.29) is 39.2 Å². The van der Waals surface area contributed by atoms with Crippen LogP contribution >= 0.6 is 11.8 Å². The maximum Gasteiger partial charge on any atom is 0.266 e. The smallest absolute Gasteiger partial charge is 0.266 e. The van der Waals surface area contributed by atoms with Crippen LogP contribution in [0.4, 0.5) is 4.39 Å². The lowest BCUT2D eigenvalue weighted by atomic mass is 10.1. The molecule has 0 spiro atoms. The van der Waals surface area contributed by atoms with Gasteiger partial charge in [-0.3, -0.25) is 19.0 Å². The second-order valence-corrected chi connectivity index (χ2v) is 9.11. The lowest BCUT2D eigenvalue weighted by Gasteiger charge is -2.14. The molecule has 1 amide bonds. The van der Waals surface area contributed by atoms with E-state index < -0.39 is 11.4 Å². The van der Waals surface area contributed by atoms with Crippen molar-refractivity contribution in [3.05, 3.63) is 94.0 Å². The van der Waals surface area contributed by atoms with E-state index >= 15 is 0 Å². The topological polar surface area (TPSA) is 99.5 Å². The first-order chi connectivity index (χ1) is 18.4. The minimum atomic E-state index is -0.515. The third-order valence-corrected chi connectivity index (χ3v) is 6.52. The first-order valence-corrected chi connectivity index (χ1v) is 12.9. The number of halogens is 1. The molecule has 1 N–H and O–H groups in total. The van der Waals surface area contributed by atoms with Crippen molar-refractivity contribution < 1.29 is 23.5 Å². The molecular formula is C28H26FN3O5S. The summed E-state index contributed by atoms with van der Waals surface area (Å²) in [7, 11) is 1.54. The first-order valence-electron chi connectivity index (χ1n) is 11.9. The van der Waals surface area contributed by atoms with Gasteiger partial charge in [-0.15, -0.1) is 0 Å². The fraction of sp³-hybridized carbons (Fsp3) is 0.214. The monoisotopic (exact) mass is 535 g/mol. The molecule has 0 saturated heterocycles. The summed E-state index contributed by atoms with van der Waals surface area (Å²) in [6, 6.07) is 17.0. The zero-order valence-corrected chi connectivity index (χ0v) is 21.7. The van der Waals surface area contributed by atoms with Crippen molar-refractivity contribution in [2.45, 2.75) is 12.1 Å². The molecule has 3 aromatic carbocycles. The molecule has 196 valence electrons. The lowest BCUT2D eigenvalue weighted by molar-refractivity contribution is 0.0936. The van der Waals surface area contributed by atoms with E-state index in [1.807, 2.05) is 6.92 Å². The van der Waals surface area contributed by atoms with Crippen molar-refractivity contribution in [1.29, 1.82) is 0 Å². The number of nitrogens with zero attached hydrogens (tertiary/aromatic N) is 2. The van der Waals surface area contributed by atoms with Crippen molar-refractivity contribution in [3.63, 3.8) is 0 Å². The highest BCUT2D eigenvalue weighted by Gasteiger charge is 2.17. The van der Waals surface area contributed by atoms with Crippen LogP contribution < -0.4 is 15.6 Å². The lowest BCUT2D eigenvalue weighted by Crippen LogP contribution is -2.27. The summed E-state index contributed by atoms with van der Waals surface area (Å²) < 4.78 is 25.7. The van der Waals surface area contributed by atoms with Gasteiger partial charge < -0.3 is 14.8 Å². The molecular weight excluding hydrogens is 509 g/mol. The summed E-state index contributed by atoms with van der Waals surface area (Å²) in [5.74, 6) is -0.378. The van der Waals surface area contributed by atoms with Crippen LogP contribution in [0.2, 0.25) is 0 Å². The summed E-state index contributed by atoms with van der Waals surface area (Å²) >= 11 is 1.06. The number of fused-ring (bicyclic) bond motifs is 1. The number of rotatable bonds is 11. The van der Waals surface area contributed by atoms with Crippen LogP contribution in [-0.2, 0) is 4.74 Å². The number of ether oxygens (including phenoxy) is 2. The molecule has 0 saturated carbocycles. The van der Waals surface area contributed by atoms with E-state index in [0.717, 1.165) is 11.8 Å². The Hall–Kier alpha value is -4.02. The number of hydrogen-bond acceptors (Lipinski definition) is 7. The van der Waals surface area contributed by atoms with Crippen LogP contribution in [0.15, 0.2) is 76.7 Å². The van der Waals surface area contributed by atoms with Gasteiger partial charge in [0.1, 0.15) is 11.6 Å². The third kappa shape index (κ3) is 6.27. The number of carbonyl (C=O) groups is 2. The number of Topliss-reactive ketones (excluding diaryl/α,β-unsaturated/α-hetero) is 1. The standard InChI is InChI=1S/C28H26FN3O5S/c1-3-37-22-10-7-18(8-11-22)25(33)17-38-28-31-24-15-19(26(34)30-13-14-36-2)9-12-23(24)27(35)32(28)21-6-4-5-20(29)16-21/h4-12,15-16H,3,13-14,17H2,1-2H3,(H,30,34). The number of methoxy groups -OCH3 is 1. The minimum Gasteiger partial charge on any atom is -0.494 e. The number of carbonyl (C=O) groups excluding carboxylic acids is 2. The third-order valence-electron chi connectivity index (χ3n) is 5.58. The molecule has 0 fully saturated rings. The summed E-state index contributed by atoms with van der Waals surface area (Å²) in [6.07, 6.45) is 0. The number of amides is 1. The molecule has 0 radical (unpaired) electrons. The second kappa shape index (κ2) is 12.5. The predicted molar refractivity (Wildman–Crippen MR) is 144 cm³/mol. The van der Waals surface area contributed by atoms with Gasteiger partial charge in [-0.1, -0.05) is 17.8 Å². The van der Waals surface area contributed by atoms with E-state index in [2.05, 4.69) is 10.3 Å². The van der Waals surface area contributed by atoms with E-state index in [1.165, 1.54) is 48.1 Å². The molecule has 0 aliphatic carbocycles. The van der Waals surface area contributed by atoms with Crippen molar-refractivity contribution in [2.24, 2.45) is 0 Å². The Morgan fingerprint density at radius 3 is 2.53 bits per heavy atom. The van der Waals surface area contributed by atoms with Gasteiger partial charge >= 0.3 is 0 Å². The Morgan fingerprint density at radius 2 is 1.82 bits per heavy atom. The highest BCUT2D eigenvalue weighted by molar-refractivity contribution is 7.99. The average Bonchev–Trinajstić information content (AvgIpc) is 2.92. The zero-order valence-electron chi connectivity index (χ0n) is 20.9. The SMILES string of the molecule is CCOc1ccc(C(=O)CSc2nc3cc(C(=O)NCCOC)ccc3c(=O)n2-c2cccc(F)c2)cc1. The molecule has 38 heavy (non-hydrogen) atoms. The average molecular weight is 536 g/mol. The van der Waals surface area contributed by atoms with Crippen LogP contribution in [0, 0.1) is 5.82 Å². The van der Waals surface area contributed by atoms with E-state index in [9.17, 15) is 18.8 Å². The Morgan fingerprint density at radius 1 is 1.05 bits per heavy atom. The molecule has 0 aliphatic rings. The van der Waals surface area contributed by atoms with Gasteiger partial charge in [0.25, 0.3) is 11.5 Å². The number of hydrogen-bond donors (Lipinski definition) is 1. The molecule has 0 bridgehead atoms. The summed E-state index contributed by atoms with van der Waals surface area (Å²) in [4.78, 5) is 43.6. The molecule has 0 atom stereocenters. The van der Waals surface area contributed by atoms with Crippen LogP contribution in [0.3, 0.4) is 0 Å². The van der Waals surface area contributed by atoms with E-state index in [0.29, 0.717) is 36.6 Å². The molecule has 1 heterocycles. The quantitative estimate of drug-likeness (QED) is 0.133. The number of aromatic nitrogens is 2. The molecule has 0 unspecified atom stereocenters. The Kier molecular flexibility index (Phi) is 8.88. The normalized spacial score (nSPS) is 10.9. The summed E-state index contributed by atoms with van der Waals surface area (Å²) in [5, 5.41) is 3.18. The molecule has 4 aromatic rings. The molecule has 0 aliphatic heterocycles. The van der Waals surface area contributed by atoms with E-state index in [1.54, 1.807) is 30.3 Å². The minimum absolute atomic E-state index is 0.0154. The van der Waals surface area contributed by atoms with Gasteiger partial charge in [-0.25, -0.2) is 9.37 Å². The van der Waals surface area contributed by atoms with Gasteiger partial charge in [0.15, 0.2) is 10.9 Å². The number of benzene rings is 3. The van der Waals surface area contributed by atoms with Gasteiger partial charge in [0.05, 0.1) is 35.6 Å². The number of thioether (sulfide) groups is 1. The van der Waals surface area contributed by atoms with Gasteiger partial charge in [0, 0.05) is 24.8 Å². The second-order valence-electron chi connectivity index (χ2n) is 8.16. The van der Waals surface area contributed by atoms with Gasteiger partial charge in [0.2, 0.25) is 0 Å². The Bertz CT molecular complexity index is 1520. The zero-order chi connectivity index (χ0) is 27.1. The van der Waals surface area contributed by atoms with Crippen molar-refractivity contribution in [3.8, 4) is 11.4 Å². The highest BCUT2D eigenvalue weighted by Crippen LogP contribution is 2.24. The predicted octanol–water partition coefficient (Wildman–Crippen LogP) is 4.27.